The molecule has 2 N–H and O–H groups in total. The summed E-state index contributed by atoms with van der Waals surface area (Å²) in [6.07, 6.45) is 1.57. The van der Waals surface area contributed by atoms with Gasteiger partial charge in [0.05, 0.1) is 52.1 Å². The SMILES string of the molecule is COc1cc(OC)c(C(=O)N(CCO)Cc2nc[nH]c2C)cc1OC. The highest BCUT2D eigenvalue weighted by molar-refractivity contribution is 5.97. The Kier molecular flexibility index (Phi) is 6.24. The molecule has 25 heavy (non-hydrogen) atoms. The summed E-state index contributed by atoms with van der Waals surface area (Å²) in [7, 11) is 4.49. The van der Waals surface area contributed by atoms with Crippen molar-refractivity contribution in [1.82, 2.24) is 14.9 Å². The minimum atomic E-state index is -0.297. The fourth-order valence-corrected chi connectivity index (χ4v) is 2.47. The van der Waals surface area contributed by atoms with Crippen molar-refractivity contribution in [1.29, 1.82) is 0 Å². The Labute approximate surface area is 146 Å². The van der Waals surface area contributed by atoms with Gasteiger partial charge in [-0.2, -0.15) is 0 Å². The van der Waals surface area contributed by atoms with E-state index in [0.717, 1.165) is 11.4 Å². The molecule has 1 heterocycles. The van der Waals surface area contributed by atoms with E-state index in [-0.39, 0.29) is 25.6 Å². The average Bonchev–Trinajstić information content (AvgIpc) is 3.04. The minimum Gasteiger partial charge on any atom is -0.496 e. The molecular formula is C17H23N3O5. The Morgan fingerprint density at radius 2 is 1.80 bits per heavy atom. The molecule has 0 aliphatic heterocycles. The number of benzene rings is 1. The fraction of sp³-hybridized carbons (Fsp3) is 0.412. The highest BCUT2D eigenvalue weighted by Crippen LogP contribution is 2.35. The molecule has 0 radical (unpaired) electrons. The van der Waals surface area contributed by atoms with Crippen LogP contribution in [0.4, 0.5) is 0 Å². The maximum absolute atomic E-state index is 13.0. The molecular weight excluding hydrogens is 326 g/mol. The second kappa shape index (κ2) is 8.39. The van der Waals surface area contributed by atoms with Crippen LogP contribution in [0, 0.1) is 6.92 Å². The predicted molar refractivity (Wildman–Crippen MR) is 91.2 cm³/mol. The molecule has 2 aromatic rings. The third-order valence-electron chi connectivity index (χ3n) is 3.87. The molecule has 0 aliphatic rings. The highest BCUT2D eigenvalue weighted by atomic mass is 16.5. The highest BCUT2D eigenvalue weighted by Gasteiger charge is 2.23. The first-order chi connectivity index (χ1) is 12.0. The number of aromatic nitrogens is 2. The standard InChI is InChI=1S/C17H23N3O5/c1-11-13(19-10-18-11)9-20(5-6-21)17(22)12-7-15(24-3)16(25-4)8-14(12)23-2/h7-8,10,21H,5-6,9H2,1-4H3,(H,18,19). The van der Waals surface area contributed by atoms with Crippen LogP contribution in [0.15, 0.2) is 18.5 Å². The lowest BCUT2D eigenvalue weighted by Crippen LogP contribution is -2.33. The first kappa shape index (κ1) is 18.6. The summed E-state index contributed by atoms with van der Waals surface area (Å²) in [5, 5.41) is 9.34. The normalized spacial score (nSPS) is 10.4. The molecule has 1 amide bonds. The Bertz CT molecular complexity index is 729. The van der Waals surface area contributed by atoms with Gasteiger partial charge in [0.25, 0.3) is 5.91 Å². The van der Waals surface area contributed by atoms with Crippen molar-refractivity contribution in [3.8, 4) is 17.2 Å². The summed E-state index contributed by atoms with van der Waals surface area (Å²) in [5.74, 6) is 0.956. The van der Waals surface area contributed by atoms with Crippen molar-refractivity contribution in [2.75, 3.05) is 34.5 Å². The van der Waals surface area contributed by atoms with Gasteiger partial charge < -0.3 is 29.2 Å². The van der Waals surface area contributed by atoms with E-state index in [0.29, 0.717) is 22.8 Å². The third kappa shape index (κ3) is 4.03. The lowest BCUT2D eigenvalue weighted by atomic mass is 10.1. The number of nitrogens with one attached hydrogen (secondary N) is 1. The van der Waals surface area contributed by atoms with E-state index in [1.165, 1.54) is 26.2 Å². The molecule has 0 fully saturated rings. The smallest absolute Gasteiger partial charge is 0.258 e. The number of aliphatic hydroxyl groups is 1. The van der Waals surface area contributed by atoms with Gasteiger partial charge in [-0.15, -0.1) is 0 Å². The Hall–Kier alpha value is -2.74. The molecule has 0 spiro atoms. The first-order valence-corrected chi connectivity index (χ1v) is 7.74. The number of hydrogen-bond donors (Lipinski definition) is 2. The zero-order valence-electron chi connectivity index (χ0n) is 14.8. The van der Waals surface area contributed by atoms with Gasteiger partial charge in [0, 0.05) is 24.4 Å². The number of nitrogens with zero attached hydrogens (tertiary/aromatic N) is 2. The van der Waals surface area contributed by atoms with E-state index in [9.17, 15) is 9.90 Å². The van der Waals surface area contributed by atoms with Crippen molar-refractivity contribution < 1.29 is 24.1 Å². The number of carbonyl (C=O) groups is 1. The average molecular weight is 349 g/mol. The fourth-order valence-electron chi connectivity index (χ4n) is 2.47. The maximum Gasteiger partial charge on any atom is 0.258 e. The summed E-state index contributed by atoms with van der Waals surface area (Å²) in [6.45, 7) is 2.15. The number of aromatic amines is 1. The van der Waals surface area contributed by atoms with Crippen LogP contribution in [0.5, 0.6) is 17.2 Å². The lowest BCUT2D eigenvalue weighted by Gasteiger charge is -2.23. The van der Waals surface area contributed by atoms with Crippen LogP contribution in [-0.2, 0) is 6.54 Å². The van der Waals surface area contributed by atoms with Gasteiger partial charge in [-0.05, 0) is 6.92 Å². The van der Waals surface area contributed by atoms with Crippen LogP contribution in [0.1, 0.15) is 21.7 Å². The lowest BCUT2D eigenvalue weighted by molar-refractivity contribution is 0.0701. The van der Waals surface area contributed by atoms with Crippen molar-refractivity contribution in [3.05, 3.63) is 35.4 Å². The van der Waals surface area contributed by atoms with E-state index in [1.807, 2.05) is 6.92 Å². The number of ether oxygens (including phenoxy) is 3. The first-order valence-electron chi connectivity index (χ1n) is 7.74. The number of carbonyl (C=O) groups excluding carboxylic acids is 1. The van der Waals surface area contributed by atoms with E-state index >= 15 is 0 Å². The molecule has 1 aromatic heterocycles. The van der Waals surface area contributed by atoms with E-state index in [4.69, 9.17) is 14.2 Å². The number of amides is 1. The number of H-pyrrole nitrogens is 1. The monoisotopic (exact) mass is 349 g/mol. The van der Waals surface area contributed by atoms with Gasteiger partial charge in [0.2, 0.25) is 0 Å². The number of aliphatic hydroxyl groups excluding tert-OH is 1. The van der Waals surface area contributed by atoms with Gasteiger partial charge in [0.15, 0.2) is 11.5 Å². The van der Waals surface area contributed by atoms with Crippen LogP contribution in [0.25, 0.3) is 0 Å². The zero-order valence-corrected chi connectivity index (χ0v) is 14.8. The van der Waals surface area contributed by atoms with E-state index in [1.54, 1.807) is 18.5 Å². The zero-order chi connectivity index (χ0) is 18.4. The van der Waals surface area contributed by atoms with Crippen LogP contribution >= 0.6 is 0 Å². The molecule has 0 bridgehead atoms. The third-order valence-corrected chi connectivity index (χ3v) is 3.87. The van der Waals surface area contributed by atoms with E-state index < -0.39 is 0 Å². The summed E-state index contributed by atoms with van der Waals surface area (Å²) in [6, 6.07) is 3.17. The predicted octanol–water partition coefficient (Wildman–Crippen LogP) is 1.38. The van der Waals surface area contributed by atoms with Gasteiger partial charge in [-0.25, -0.2) is 4.98 Å². The summed E-state index contributed by atoms with van der Waals surface area (Å²) >= 11 is 0. The van der Waals surface area contributed by atoms with Crippen LogP contribution in [0.3, 0.4) is 0 Å². The number of imidazole rings is 1. The number of hydrogen-bond acceptors (Lipinski definition) is 6. The van der Waals surface area contributed by atoms with E-state index in [2.05, 4.69) is 9.97 Å². The summed E-state index contributed by atoms with van der Waals surface area (Å²) < 4.78 is 15.8. The van der Waals surface area contributed by atoms with Crippen molar-refractivity contribution in [2.45, 2.75) is 13.5 Å². The second-order valence-electron chi connectivity index (χ2n) is 5.33. The summed E-state index contributed by atoms with van der Waals surface area (Å²) in [5.41, 5.74) is 1.93. The molecule has 8 heteroatoms. The van der Waals surface area contributed by atoms with Crippen molar-refractivity contribution >= 4 is 5.91 Å². The molecule has 0 atom stereocenters. The van der Waals surface area contributed by atoms with Gasteiger partial charge in [-0.3, -0.25) is 4.79 Å². The summed E-state index contributed by atoms with van der Waals surface area (Å²) in [4.78, 5) is 21.7. The minimum absolute atomic E-state index is 0.162. The number of rotatable bonds is 8. The van der Waals surface area contributed by atoms with Gasteiger partial charge in [0.1, 0.15) is 5.75 Å². The van der Waals surface area contributed by atoms with Crippen molar-refractivity contribution in [3.63, 3.8) is 0 Å². The second-order valence-corrected chi connectivity index (χ2v) is 5.33. The Morgan fingerprint density at radius 3 is 2.32 bits per heavy atom. The number of methoxy groups -OCH3 is 3. The molecule has 136 valence electrons. The van der Waals surface area contributed by atoms with Gasteiger partial charge >= 0.3 is 0 Å². The molecule has 0 saturated heterocycles. The molecule has 0 unspecified atom stereocenters. The maximum atomic E-state index is 13.0. The molecule has 8 nitrogen and oxygen atoms in total. The molecule has 2 rings (SSSR count). The molecule has 0 aliphatic carbocycles. The van der Waals surface area contributed by atoms with Crippen LogP contribution in [0.2, 0.25) is 0 Å². The van der Waals surface area contributed by atoms with Crippen LogP contribution in [-0.4, -0.2) is 60.4 Å². The topological polar surface area (TPSA) is 96.9 Å². The van der Waals surface area contributed by atoms with Crippen LogP contribution < -0.4 is 14.2 Å². The largest absolute Gasteiger partial charge is 0.496 e. The molecule has 0 saturated carbocycles. The van der Waals surface area contributed by atoms with Crippen molar-refractivity contribution in [2.24, 2.45) is 0 Å². The molecule has 1 aromatic carbocycles. The van der Waals surface area contributed by atoms with Gasteiger partial charge in [-0.1, -0.05) is 0 Å². The quantitative estimate of drug-likeness (QED) is 0.747. The Balaban J connectivity index is 2.39. The number of aryl methyl sites for hydroxylation is 1. The Morgan fingerprint density at radius 1 is 1.16 bits per heavy atom.